The van der Waals surface area contributed by atoms with Gasteiger partial charge in [-0.05, 0) is 56.0 Å². The van der Waals surface area contributed by atoms with Crippen molar-refractivity contribution in [1.82, 2.24) is 24.5 Å². The number of benzene rings is 2. The van der Waals surface area contributed by atoms with Crippen molar-refractivity contribution in [3.8, 4) is 11.4 Å². The van der Waals surface area contributed by atoms with Gasteiger partial charge in [0.1, 0.15) is 11.6 Å². The highest BCUT2D eigenvalue weighted by molar-refractivity contribution is 5.75. The zero-order valence-electron chi connectivity index (χ0n) is 19.3. The highest BCUT2D eigenvalue weighted by Gasteiger charge is 2.12. The SMILES string of the molecule is CCOc1ccc(-n2ccn3c(CCCC(=O)NCCCc4ccccc4)nnc3c2=O)cc1. The van der Waals surface area contributed by atoms with Crippen LogP contribution in [0, 0.1) is 0 Å². The summed E-state index contributed by atoms with van der Waals surface area (Å²) in [7, 11) is 0. The van der Waals surface area contributed by atoms with E-state index in [1.54, 1.807) is 16.8 Å². The van der Waals surface area contributed by atoms with Crippen molar-refractivity contribution in [2.24, 2.45) is 0 Å². The molecular weight excluding hydrogens is 430 g/mol. The molecule has 34 heavy (non-hydrogen) atoms. The van der Waals surface area contributed by atoms with Crippen LogP contribution >= 0.6 is 0 Å². The maximum Gasteiger partial charge on any atom is 0.300 e. The number of aromatic nitrogens is 4. The fourth-order valence-electron chi connectivity index (χ4n) is 3.84. The van der Waals surface area contributed by atoms with Gasteiger partial charge in [-0.3, -0.25) is 18.6 Å². The van der Waals surface area contributed by atoms with Crippen molar-refractivity contribution in [1.29, 1.82) is 0 Å². The summed E-state index contributed by atoms with van der Waals surface area (Å²) in [6.07, 6.45) is 6.94. The van der Waals surface area contributed by atoms with Gasteiger partial charge >= 0.3 is 5.56 Å². The van der Waals surface area contributed by atoms with E-state index in [0.717, 1.165) is 24.3 Å². The van der Waals surface area contributed by atoms with Crippen molar-refractivity contribution in [3.63, 3.8) is 0 Å². The number of hydrogen-bond donors (Lipinski definition) is 1. The number of amides is 1. The summed E-state index contributed by atoms with van der Waals surface area (Å²) in [5.74, 6) is 1.45. The Labute approximate surface area is 198 Å². The first kappa shape index (κ1) is 23.2. The number of ether oxygens (including phenoxy) is 1. The van der Waals surface area contributed by atoms with Crippen LogP contribution in [0.15, 0.2) is 71.8 Å². The summed E-state index contributed by atoms with van der Waals surface area (Å²) >= 11 is 0. The molecule has 8 heteroatoms. The predicted molar refractivity (Wildman–Crippen MR) is 130 cm³/mol. The van der Waals surface area contributed by atoms with E-state index < -0.39 is 0 Å². The second kappa shape index (κ2) is 11.3. The molecule has 0 spiro atoms. The van der Waals surface area contributed by atoms with E-state index in [9.17, 15) is 9.59 Å². The van der Waals surface area contributed by atoms with Crippen LogP contribution in [-0.4, -0.2) is 38.2 Å². The van der Waals surface area contributed by atoms with Crippen LogP contribution in [0.2, 0.25) is 0 Å². The smallest absolute Gasteiger partial charge is 0.300 e. The Morgan fingerprint density at radius 3 is 2.53 bits per heavy atom. The van der Waals surface area contributed by atoms with Gasteiger partial charge in [-0.25, -0.2) is 0 Å². The van der Waals surface area contributed by atoms with E-state index in [0.29, 0.717) is 38.2 Å². The van der Waals surface area contributed by atoms with Gasteiger partial charge in [-0.1, -0.05) is 30.3 Å². The number of nitrogens with zero attached hydrogens (tertiary/aromatic N) is 4. The third kappa shape index (κ3) is 5.70. The Morgan fingerprint density at radius 2 is 1.76 bits per heavy atom. The molecule has 2 aromatic carbocycles. The lowest BCUT2D eigenvalue weighted by atomic mass is 10.1. The third-order valence-electron chi connectivity index (χ3n) is 5.58. The van der Waals surface area contributed by atoms with Crippen molar-refractivity contribution < 1.29 is 9.53 Å². The highest BCUT2D eigenvalue weighted by Crippen LogP contribution is 2.15. The average molecular weight is 460 g/mol. The second-order valence-electron chi connectivity index (χ2n) is 8.00. The molecule has 8 nitrogen and oxygen atoms in total. The molecule has 176 valence electrons. The molecule has 1 N–H and O–H groups in total. The molecule has 0 aliphatic rings. The Hall–Kier alpha value is -3.94. The fraction of sp³-hybridized carbons (Fsp3) is 0.308. The zero-order valence-corrected chi connectivity index (χ0v) is 19.3. The predicted octanol–water partition coefficient (Wildman–Crippen LogP) is 3.35. The molecule has 0 saturated heterocycles. The summed E-state index contributed by atoms with van der Waals surface area (Å²) in [6.45, 7) is 3.17. The monoisotopic (exact) mass is 459 g/mol. The van der Waals surface area contributed by atoms with E-state index in [1.165, 1.54) is 10.1 Å². The van der Waals surface area contributed by atoms with E-state index in [1.807, 2.05) is 49.4 Å². The summed E-state index contributed by atoms with van der Waals surface area (Å²) in [5.41, 5.74) is 2.01. The van der Waals surface area contributed by atoms with Crippen molar-refractivity contribution in [2.75, 3.05) is 13.2 Å². The Kier molecular flexibility index (Phi) is 7.70. The van der Waals surface area contributed by atoms with Crippen molar-refractivity contribution in [3.05, 3.63) is 88.7 Å². The third-order valence-corrected chi connectivity index (χ3v) is 5.58. The van der Waals surface area contributed by atoms with Crippen molar-refractivity contribution in [2.45, 2.75) is 39.0 Å². The number of carbonyl (C=O) groups excluding carboxylic acids is 1. The van der Waals surface area contributed by atoms with Gasteiger partial charge < -0.3 is 10.1 Å². The lowest BCUT2D eigenvalue weighted by Gasteiger charge is -2.08. The van der Waals surface area contributed by atoms with E-state index >= 15 is 0 Å². The summed E-state index contributed by atoms with van der Waals surface area (Å²) < 4.78 is 8.69. The molecule has 0 radical (unpaired) electrons. The van der Waals surface area contributed by atoms with Crippen LogP contribution < -0.4 is 15.6 Å². The number of aryl methyl sites for hydroxylation is 2. The first-order chi connectivity index (χ1) is 16.7. The van der Waals surface area contributed by atoms with Crippen molar-refractivity contribution >= 4 is 11.6 Å². The van der Waals surface area contributed by atoms with E-state index in [-0.39, 0.29) is 17.1 Å². The molecule has 0 bridgehead atoms. The molecule has 1 amide bonds. The summed E-state index contributed by atoms with van der Waals surface area (Å²) in [6, 6.07) is 17.6. The normalized spacial score (nSPS) is 11.0. The van der Waals surface area contributed by atoms with Crippen LogP contribution in [0.4, 0.5) is 0 Å². The quantitative estimate of drug-likeness (QED) is 0.348. The number of carbonyl (C=O) groups is 1. The number of rotatable bonds is 11. The first-order valence-electron chi connectivity index (χ1n) is 11.6. The lowest BCUT2D eigenvalue weighted by Crippen LogP contribution is -2.24. The Morgan fingerprint density at radius 1 is 0.971 bits per heavy atom. The molecule has 0 aliphatic heterocycles. The second-order valence-corrected chi connectivity index (χ2v) is 8.00. The minimum Gasteiger partial charge on any atom is -0.494 e. The zero-order chi connectivity index (χ0) is 23.8. The lowest BCUT2D eigenvalue weighted by molar-refractivity contribution is -0.121. The molecule has 0 fully saturated rings. The number of fused-ring (bicyclic) bond motifs is 1. The minimum absolute atomic E-state index is 0.0275. The van der Waals surface area contributed by atoms with Gasteiger partial charge in [0, 0.05) is 37.5 Å². The van der Waals surface area contributed by atoms with Gasteiger partial charge in [0.25, 0.3) is 0 Å². The molecule has 0 unspecified atom stereocenters. The largest absolute Gasteiger partial charge is 0.494 e. The molecule has 0 atom stereocenters. The summed E-state index contributed by atoms with van der Waals surface area (Å²) in [4.78, 5) is 25.1. The summed E-state index contributed by atoms with van der Waals surface area (Å²) in [5, 5.41) is 11.2. The van der Waals surface area contributed by atoms with Gasteiger partial charge in [-0.2, -0.15) is 0 Å². The Balaban J connectivity index is 1.29. The van der Waals surface area contributed by atoms with Gasteiger partial charge in [-0.15, -0.1) is 10.2 Å². The van der Waals surface area contributed by atoms with Gasteiger partial charge in [0.2, 0.25) is 11.6 Å². The highest BCUT2D eigenvalue weighted by atomic mass is 16.5. The van der Waals surface area contributed by atoms with E-state index in [4.69, 9.17) is 4.74 Å². The van der Waals surface area contributed by atoms with Crippen LogP contribution in [0.3, 0.4) is 0 Å². The first-order valence-corrected chi connectivity index (χ1v) is 11.6. The number of hydrogen-bond acceptors (Lipinski definition) is 5. The molecular formula is C26H29N5O3. The van der Waals surface area contributed by atoms with E-state index in [2.05, 4.69) is 27.6 Å². The maximum absolute atomic E-state index is 12.9. The van der Waals surface area contributed by atoms with Crippen LogP contribution in [0.5, 0.6) is 5.75 Å². The molecule has 0 saturated carbocycles. The topological polar surface area (TPSA) is 90.5 Å². The number of nitrogens with one attached hydrogen (secondary N) is 1. The van der Waals surface area contributed by atoms with Gasteiger partial charge in [0.05, 0.1) is 6.61 Å². The molecule has 4 aromatic rings. The fourth-order valence-corrected chi connectivity index (χ4v) is 3.84. The molecule has 4 rings (SSSR count). The minimum atomic E-state index is -0.249. The maximum atomic E-state index is 12.9. The van der Waals surface area contributed by atoms with Gasteiger partial charge in [0.15, 0.2) is 0 Å². The molecule has 0 aliphatic carbocycles. The van der Waals surface area contributed by atoms with Crippen LogP contribution in [0.1, 0.15) is 37.6 Å². The Bertz CT molecular complexity index is 1280. The average Bonchev–Trinajstić information content (AvgIpc) is 3.27. The standard InChI is InChI=1S/C26H29N5O3/c1-2-34-22-15-13-21(14-16-22)30-18-19-31-23(28-29-25(31)26(30)33)11-6-12-24(32)27-17-7-10-20-8-4-3-5-9-20/h3-5,8-9,13-16,18-19H,2,6-7,10-12,17H2,1H3,(H,27,32). The molecule has 2 heterocycles. The van der Waals surface area contributed by atoms with Crippen LogP contribution in [0.25, 0.3) is 11.3 Å². The molecule has 2 aromatic heterocycles. The van der Waals surface area contributed by atoms with Crippen LogP contribution in [-0.2, 0) is 17.6 Å².